The smallest absolute Gasteiger partial charge is 0.223 e. The van der Waals surface area contributed by atoms with Crippen LogP contribution in [-0.4, -0.2) is 53.5 Å². The maximum Gasteiger partial charge on any atom is 0.223 e. The molecule has 3 aliphatic carbocycles. The summed E-state index contributed by atoms with van der Waals surface area (Å²) in [5.41, 5.74) is 6.65. The Kier molecular flexibility index (Phi) is 5.63. The van der Waals surface area contributed by atoms with Crippen LogP contribution in [0.3, 0.4) is 0 Å². The number of carbonyl (C=O) groups excluding carboxylic acids is 1. The van der Waals surface area contributed by atoms with E-state index in [1.165, 1.54) is 69.5 Å². The first-order chi connectivity index (χ1) is 12.2. The molecular weight excluding hydrogens is 330 g/mol. The molecule has 4 nitrogen and oxygen atoms in total. The van der Waals surface area contributed by atoms with Gasteiger partial charge in [0.15, 0.2) is 0 Å². The van der Waals surface area contributed by atoms with Crippen LogP contribution >= 0.6 is 11.8 Å². The van der Waals surface area contributed by atoms with E-state index in [4.69, 9.17) is 5.73 Å². The first-order valence-electron chi connectivity index (χ1n) is 10.5. The summed E-state index contributed by atoms with van der Waals surface area (Å²) in [6, 6.07) is 0.352. The Hall–Kier alpha value is -0.260. The Morgan fingerprint density at radius 1 is 1.08 bits per heavy atom. The molecule has 4 aliphatic rings. The Labute approximate surface area is 157 Å². The van der Waals surface area contributed by atoms with Gasteiger partial charge in [0.1, 0.15) is 0 Å². The highest BCUT2D eigenvalue weighted by Crippen LogP contribution is 2.42. The molecule has 1 heterocycles. The molecule has 25 heavy (non-hydrogen) atoms. The molecular formula is C20H35N3OS. The lowest BCUT2D eigenvalue weighted by atomic mass is 9.65. The van der Waals surface area contributed by atoms with E-state index in [1.54, 1.807) is 0 Å². The molecule has 2 unspecified atom stereocenters. The predicted molar refractivity (Wildman–Crippen MR) is 105 cm³/mol. The summed E-state index contributed by atoms with van der Waals surface area (Å²) in [7, 11) is 0. The van der Waals surface area contributed by atoms with Gasteiger partial charge in [0.05, 0.1) is 0 Å². The fourth-order valence-corrected chi connectivity index (χ4v) is 6.98. The first kappa shape index (κ1) is 18.1. The van der Waals surface area contributed by atoms with Gasteiger partial charge in [0.2, 0.25) is 5.91 Å². The van der Waals surface area contributed by atoms with Crippen molar-refractivity contribution in [3.63, 3.8) is 0 Å². The van der Waals surface area contributed by atoms with Gasteiger partial charge in [0, 0.05) is 48.6 Å². The van der Waals surface area contributed by atoms with Crippen LogP contribution in [0.25, 0.3) is 0 Å². The van der Waals surface area contributed by atoms with Crippen LogP contribution in [-0.2, 0) is 4.79 Å². The van der Waals surface area contributed by atoms with E-state index >= 15 is 0 Å². The van der Waals surface area contributed by atoms with Crippen LogP contribution in [0.15, 0.2) is 0 Å². The van der Waals surface area contributed by atoms with Crippen molar-refractivity contribution in [1.29, 1.82) is 0 Å². The Morgan fingerprint density at radius 2 is 1.72 bits per heavy atom. The molecule has 1 amide bonds. The number of amides is 1. The summed E-state index contributed by atoms with van der Waals surface area (Å²) in [5.74, 6) is 4.21. The minimum Gasteiger partial charge on any atom is -0.354 e. The first-order valence-corrected chi connectivity index (χ1v) is 11.7. The lowest BCUT2D eigenvalue weighted by Gasteiger charge is -2.45. The number of hydrogen-bond donors (Lipinski definition) is 2. The normalized spacial score (nSPS) is 38.4. The highest BCUT2D eigenvalue weighted by Gasteiger charge is 2.43. The molecule has 0 aromatic heterocycles. The van der Waals surface area contributed by atoms with Crippen molar-refractivity contribution in [2.45, 2.75) is 69.4 Å². The van der Waals surface area contributed by atoms with Crippen molar-refractivity contribution < 1.29 is 4.79 Å². The van der Waals surface area contributed by atoms with Crippen molar-refractivity contribution >= 4 is 17.7 Å². The SMILES string of the molecule is NC1C2CCCC1CC(C(=O)NCC1(N3CCSCC3)CCCC1)C2. The molecule has 142 valence electrons. The number of nitrogens with one attached hydrogen (secondary N) is 1. The molecule has 0 aromatic rings. The van der Waals surface area contributed by atoms with E-state index in [2.05, 4.69) is 22.0 Å². The molecule has 2 bridgehead atoms. The molecule has 2 atom stereocenters. The van der Waals surface area contributed by atoms with E-state index in [1.807, 2.05) is 0 Å². The quantitative estimate of drug-likeness (QED) is 0.804. The zero-order valence-corrected chi connectivity index (χ0v) is 16.4. The highest BCUT2D eigenvalue weighted by molar-refractivity contribution is 7.99. The number of fused-ring (bicyclic) bond motifs is 2. The molecule has 1 saturated heterocycles. The zero-order chi connectivity index (χ0) is 17.3. The molecule has 5 heteroatoms. The molecule has 1 aliphatic heterocycles. The fourth-order valence-electron chi connectivity index (χ4n) is 6.07. The number of nitrogens with zero attached hydrogens (tertiary/aromatic N) is 1. The third-order valence-electron chi connectivity index (χ3n) is 7.59. The van der Waals surface area contributed by atoms with Crippen molar-refractivity contribution in [3.05, 3.63) is 0 Å². The van der Waals surface area contributed by atoms with Crippen molar-refractivity contribution in [2.75, 3.05) is 31.1 Å². The topological polar surface area (TPSA) is 58.4 Å². The standard InChI is InChI=1S/C20H35N3OS/c21-18-15-4-3-5-16(18)13-17(12-15)19(24)22-14-20(6-1-2-7-20)23-8-10-25-11-9-23/h15-18H,1-14,21H2,(H,22,24). The summed E-state index contributed by atoms with van der Waals surface area (Å²) in [6.45, 7) is 3.26. The van der Waals surface area contributed by atoms with E-state index < -0.39 is 0 Å². The second-order valence-electron chi connectivity index (χ2n) is 8.95. The van der Waals surface area contributed by atoms with Crippen molar-refractivity contribution in [3.8, 4) is 0 Å². The van der Waals surface area contributed by atoms with Crippen LogP contribution in [0.4, 0.5) is 0 Å². The summed E-state index contributed by atoms with van der Waals surface area (Å²) >= 11 is 2.07. The van der Waals surface area contributed by atoms with Crippen LogP contribution in [0, 0.1) is 17.8 Å². The number of nitrogens with two attached hydrogens (primary N) is 1. The van der Waals surface area contributed by atoms with Gasteiger partial charge in [-0.15, -0.1) is 0 Å². The number of hydrogen-bond acceptors (Lipinski definition) is 4. The molecule has 3 saturated carbocycles. The van der Waals surface area contributed by atoms with Gasteiger partial charge in [-0.05, 0) is 50.4 Å². The van der Waals surface area contributed by atoms with Crippen molar-refractivity contribution in [2.24, 2.45) is 23.5 Å². The average Bonchev–Trinajstić information content (AvgIpc) is 3.10. The largest absolute Gasteiger partial charge is 0.354 e. The summed E-state index contributed by atoms with van der Waals surface area (Å²) in [5, 5.41) is 3.41. The third-order valence-corrected chi connectivity index (χ3v) is 8.53. The zero-order valence-electron chi connectivity index (χ0n) is 15.5. The van der Waals surface area contributed by atoms with Gasteiger partial charge in [0.25, 0.3) is 0 Å². The lowest BCUT2D eigenvalue weighted by molar-refractivity contribution is -0.128. The van der Waals surface area contributed by atoms with Crippen LogP contribution in [0.1, 0.15) is 57.8 Å². The van der Waals surface area contributed by atoms with E-state index in [-0.39, 0.29) is 11.5 Å². The van der Waals surface area contributed by atoms with Crippen LogP contribution in [0.5, 0.6) is 0 Å². The van der Waals surface area contributed by atoms with Crippen LogP contribution < -0.4 is 11.1 Å². The summed E-state index contributed by atoms with van der Waals surface area (Å²) < 4.78 is 0. The Morgan fingerprint density at radius 3 is 2.36 bits per heavy atom. The highest BCUT2D eigenvalue weighted by atomic mass is 32.2. The van der Waals surface area contributed by atoms with E-state index in [9.17, 15) is 4.79 Å². The van der Waals surface area contributed by atoms with Crippen molar-refractivity contribution in [1.82, 2.24) is 10.2 Å². The van der Waals surface area contributed by atoms with E-state index in [0.717, 1.165) is 19.4 Å². The minimum absolute atomic E-state index is 0.213. The van der Waals surface area contributed by atoms with Crippen LogP contribution in [0.2, 0.25) is 0 Å². The second-order valence-corrected chi connectivity index (χ2v) is 10.2. The minimum atomic E-state index is 0.213. The molecule has 0 radical (unpaired) electrons. The number of thioether (sulfide) groups is 1. The molecule has 0 aromatic carbocycles. The van der Waals surface area contributed by atoms with Gasteiger partial charge >= 0.3 is 0 Å². The third kappa shape index (κ3) is 3.74. The molecule has 0 spiro atoms. The van der Waals surface area contributed by atoms with Gasteiger partial charge in [-0.1, -0.05) is 19.3 Å². The van der Waals surface area contributed by atoms with E-state index in [0.29, 0.717) is 23.8 Å². The number of rotatable bonds is 4. The van der Waals surface area contributed by atoms with Gasteiger partial charge in [-0.3, -0.25) is 9.69 Å². The van der Waals surface area contributed by atoms with Gasteiger partial charge in [-0.25, -0.2) is 0 Å². The molecule has 4 rings (SSSR count). The Balaban J connectivity index is 1.35. The second kappa shape index (κ2) is 7.77. The molecule has 3 N–H and O–H groups in total. The Bertz CT molecular complexity index is 460. The monoisotopic (exact) mass is 365 g/mol. The maximum atomic E-state index is 12.9. The molecule has 4 fully saturated rings. The lowest BCUT2D eigenvalue weighted by Crippen LogP contribution is -2.57. The average molecular weight is 366 g/mol. The summed E-state index contributed by atoms with van der Waals surface area (Å²) in [6.07, 6.45) is 11.0. The van der Waals surface area contributed by atoms with Gasteiger partial charge < -0.3 is 11.1 Å². The maximum absolute atomic E-state index is 12.9. The summed E-state index contributed by atoms with van der Waals surface area (Å²) in [4.78, 5) is 15.6. The van der Waals surface area contributed by atoms with Gasteiger partial charge in [-0.2, -0.15) is 11.8 Å². The predicted octanol–water partition coefficient (Wildman–Crippen LogP) is 2.62. The fraction of sp³-hybridized carbons (Fsp3) is 0.950. The number of carbonyl (C=O) groups is 1.